The predicted molar refractivity (Wildman–Crippen MR) is 200 cm³/mol. The number of aromatic nitrogens is 3. The van der Waals surface area contributed by atoms with E-state index in [4.69, 9.17) is 0 Å². The number of pyridine rings is 2. The molecule has 1 unspecified atom stereocenters. The molecule has 0 spiro atoms. The normalized spacial score (nSPS) is 13.6. The van der Waals surface area contributed by atoms with Gasteiger partial charge in [0.1, 0.15) is 12.1 Å². The van der Waals surface area contributed by atoms with Crippen molar-refractivity contribution >= 4 is 33.4 Å². The first kappa shape index (κ1) is 30.7. The Hall–Kier alpha value is -7.39. The third-order valence-electron chi connectivity index (χ3n) is 9.69. The summed E-state index contributed by atoms with van der Waals surface area (Å²) in [6.07, 6.45) is 5.34. The predicted octanol–water partition coefficient (Wildman–Crippen LogP) is 8.97. The number of anilines is 1. The zero-order valence-electron chi connectivity index (χ0n) is 27.5. The van der Waals surface area contributed by atoms with E-state index in [0.29, 0.717) is 33.6 Å². The summed E-state index contributed by atoms with van der Waals surface area (Å²) in [6, 6.07) is 43.2. The van der Waals surface area contributed by atoms with Gasteiger partial charge in [-0.3, -0.25) is 19.7 Å². The van der Waals surface area contributed by atoms with Crippen LogP contribution in [0, 0.1) is 22.7 Å². The average molecular weight is 671 g/mol. The van der Waals surface area contributed by atoms with Gasteiger partial charge in [-0.05, 0) is 65.2 Å². The Kier molecular flexibility index (Phi) is 7.18. The topological polar surface area (TPSA) is 119 Å². The van der Waals surface area contributed by atoms with Crippen LogP contribution in [0.15, 0.2) is 146 Å². The molecule has 1 N–H and O–H groups in total. The molecule has 0 aliphatic carbocycles. The van der Waals surface area contributed by atoms with Crippen molar-refractivity contribution < 1.29 is 9.90 Å². The lowest BCUT2D eigenvalue weighted by Crippen LogP contribution is -2.28. The van der Waals surface area contributed by atoms with Crippen molar-refractivity contribution in [3.05, 3.63) is 168 Å². The van der Waals surface area contributed by atoms with Crippen molar-refractivity contribution in [3.8, 4) is 51.2 Å². The van der Waals surface area contributed by atoms with Gasteiger partial charge in [0.15, 0.2) is 6.23 Å². The van der Waals surface area contributed by atoms with Crippen LogP contribution in [-0.4, -0.2) is 25.5 Å². The van der Waals surface area contributed by atoms with Crippen LogP contribution in [0.1, 0.15) is 33.3 Å². The number of carbonyl (C=O) groups excluding carboxylic acids is 1. The van der Waals surface area contributed by atoms with E-state index in [2.05, 4.69) is 38.8 Å². The molecule has 52 heavy (non-hydrogen) atoms. The molecule has 8 heteroatoms. The summed E-state index contributed by atoms with van der Waals surface area (Å²) in [5.41, 5.74) is 9.96. The first-order valence-electron chi connectivity index (χ1n) is 16.6. The van der Waals surface area contributed by atoms with Crippen LogP contribution in [0.25, 0.3) is 60.9 Å². The molecule has 5 aromatic carbocycles. The zero-order valence-corrected chi connectivity index (χ0v) is 27.5. The van der Waals surface area contributed by atoms with Gasteiger partial charge in [-0.15, -0.1) is 0 Å². The molecule has 0 saturated carbocycles. The van der Waals surface area contributed by atoms with Crippen molar-refractivity contribution in [1.29, 1.82) is 10.5 Å². The van der Waals surface area contributed by atoms with E-state index in [1.165, 1.54) is 17.3 Å². The first-order chi connectivity index (χ1) is 25.5. The zero-order chi connectivity index (χ0) is 35.3. The number of carbonyl (C=O) groups is 1. The number of nitrogens with zero attached hydrogens (tertiary/aromatic N) is 6. The van der Waals surface area contributed by atoms with Crippen molar-refractivity contribution in [2.24, 2.45) is 0 Å². The minimum Gasteiger partial charge on any atom is -0.369 e. The molecule has 0 saturated heterocycles. The second-order valence-corrected chi connectivity index (χ2v) is 12.6. The highest BCUT2D eigenvalue weighted by Gasteiger charge is 2.40. The van der Waals surface area contributed by atoms with Gasteiger partial charge < -0.3 is 9.67 Å². The molecular formula is C44H26N6O2. The Bertz CT molecular complexity index is 2710. The lowest BCUT2D eigenvalue weighted by atomic mass is 10.0. The molecule has 1 amide bonds. The van der Waals surface area contributed by atoms with Crippen LogP contribution in [0.4, 0.5) is 5.69 Å². The quantitative estimate of drug-likeness (QED) is 0.195. The summed E-state index contributed by atoms with van der Waals surface area (Å²) in [4.78, 5) is 24.7. The van der Waals surface area contributed by atoms with E-state index in [-0.39, 0.29) is 5.91 Å². The monoisotopic (exact) mass is 670 g/mol. The summed E-state index contributed by atoms with van der Waals surface area (Å²) < 4.78 is 2.07. The molecule has 1 atom stereocenters. The van der Waals surface area contributed by atoms with Crippen LogP contribution in [0.2, 0.25) is 0 Å². The third-order valence-corrected chi connectivity index (χ3v) is 9.69. The fourth-order valence-electron chi connectivity index (χ4n) is 7.31. The maximum Gasteiger partial charge on any atom is 0.263 e. The van der Waals surface area contributed by atoms with Gasteiger partial charge in [-0.1, -0.05) is 72.8 Å². The van der Waals surface area contributed by atoms with Gasteiger partial charge in [0.2, 0.25) is 0 Å². The SMILES string of the molecule is N#Cc1cncc(-c2ccc3c(c2)c2cc(-c4cncc(C#N)c4)ccc2n3-c2cccc3c2C(=O)N(c2ccccc2-c2ccccc2)C3O)c1. The van der Waals surface area contributed by atoms with Crippen molar-refractivity contribution in [3.63, 3.8) is 0 Å². The van der Waals surface area contributed by atoms with E-state index in [1.54, 1.807) is 18.5 Å². The second-order valence-electron chi connectivity index (χ2n) is 12.6. The molecule has 4 heterocycles. The smallest absolute Gasteiger partial charge is 0.263 e. The van der Waals surface area contributed by atoms with Gasteiger partial charge in [0, 0.05) is 57.8 Å². The highest BCUT2D eigenvalue weighted by Crippen LogP contribution is 2.44. The fraction of sp³-hybridized carbons (Fsp3) is 0.0227. The molecule has 1 aliphatic rings. The number of aliphatic hydroxyl groups excluding tert-OH is 1. The van der Waals surface area contributed by atoms with Crippen LogP contribution in [0.3, 0.4) is 0 Å². The molecular weight excluding hydrogens is 645 g/mol. The Morgan fingerprint density at radius 3 is 1.77 bits per heavy atom. The van der Waals surface area contributed by atoms with Gasteiger partial charge >= 0.3 is 0 Å². The molecule has 3 aromatic heterocycles. The maximum absolute atomic E-state index is 14.7. The van der Waals surface area contributed by atoms with E-state index in [1.807, 2.05) is 103 Å². The fourth-order valence-corrected chi connectivity index (χ4v) is 7.31. The molecule has 0 bridgehead atoms. The Labute approximate surface area is 298 Å². The molecule has 8 aromatic rings. The summed E-state index contributed by atoms with van der Waals surface area (Å²) in [7, 11) is 0. The van der Waals surface area contributed by atoms with Gasteiger partial charge in [0.25, 0.3) is 5.91 Å². The number of rotatable bonds is 5. The lowest BCUT2D eigenvalue weighted by molar-refractivity contribution is 0.0935. The minimum atomic E-state index is -1.20. The summed E-state index contributed by atoms with van der Waals surface area (Å²) in [6.45, 7) is 0. The first-order valence-corrected chi connectivity index (χ1v) is 16.6. The van der Waals surface area contributed by atoms with Gasteiger partial charge in [-0.25, -0.2) is 0 Å². The highest BCUT2D eigenvalue weighted by molar-refractivity contribution is 6.17. The maximum atomic E-state index is 14.7. The molecule has 0 radical (unpaired) electrons. The summed E-state index contributed by atoms with van der Waals surface area (Å²) >= 11 is 0. The van der Waals surface area contributed by atoms with Crippen LogP contribution >= 0.6 is 0 Å². The van der Waals surface area contributed by atoms with Crippen LogP contribution in [-0.2, 0) is 0 Å². The standard InChI is InChI=1S/C44H26N6O2/c45-21-27-17-32(25-47-23-27)30-13-15-39-36(19-30)37-20-31(33-18-28(22-46)24-48-26-33)14-16-40(37)49(39)41-12-6-10-35-42(41)44(52)50(43(35)51)38-11-5-4-9-34(38)29-7-2-1-3-8-29/h1-20,23-26,43,51H. The van der Waals surface area contributed by atoms with Gasteiger partial charge in [-0.2, -0.15) is 10.5 Å². The number of nitriles is 2. The Morgan fingerprint density at radius 2 is 1.15 bits per heavy atom. The van der Waals surface area contributed by atoms with E-state index in [9.17, 15) is 20.4 Å². The minimum absolute atomic E-state index is 0.302. The summed E-state index contributed by atoms with van der Waals surface area (Å²) in [5, 5.41) is 32.7. The number of amides is 1. The van der Waals surface area contributed by atoms with E-state index < -0.39 is 6.23 Å². The number of para-hydroxylation sites is 1. The van der Waals surface area contributed by atoms with E-state index in [0.717, 1.165) is 55.2 Å². The van der Waals surface area contributed by atoms with Crippen LogP contribution < -0.4 is 4.90 Å². The highest BCUT2D eigenvalue weighted by atomic mass is 16.3. The molecule has 9 rings (SSSR count). The van der Waals surface area contributed by atoms with Crippen molar-refractivity contribution in [1.82, 2.24) is 14.5 Å². The number of aliphatic hydroxyl groups is 1. The number of fused-ring (bicyclic) bond motifs is 4. The van der Waals surface area contributed by atoms with Crippen molar-refractivity contribution in [2.45, 2.75) is 6.23 Å². The average Bonchev–Trinajstić information content (AvgIpc) is 3.67. The Balaban J connectivity index is 1.26. The Morgan fingerprint density at radius 1 is 0.577 bits per heavy atom. The van der Waals surface area contributed by atoms with Crippen molar-refractivity contribution in [2.75, 3.05) is 4.90 Å². The van der Waals surface area contributed by atoms with Crippen LogP contribution in [0.5, 0.6) is 0 Å². The largest absolute Gasteiger partial charge is 0.369 e. The molecule has 244 valence electrons. The summed E-state index contributed by atoms with van der Waals surface area (Å²) in [5.74, 6) is -0.302. The number of benzene rings is 5. The lowest BCUT2D eigenvalue weighted by Gasteiger charge is -2.24. The van der Waals surface area contributed by atoms with Gasteiger partial charge in [0.05, 0.1) is 39.1 Å². The molecule has 1 aliphatic heterocycles. The number of hydrogen-bond acceptors (Lipinski definition) is 6. The van der Waals surface area contributed by atoms with E-state index >= 15 is 0 Å². The number of hydrogen-bond donors (Lipinski definition) is 1. The second kappa shape index (κ2) is 12.2. The molecule has 0 fully saturated rings. The third kappa shape index (κ3) is 4.83. The molecule has 8 nitrogen and oxygen atoms in total.